The Labute approximate surface area is 63.1 Å². The lowest BCUT2D eigenvalue weighted by atomic mass is 10.4. The fraction of sp³-hybridized carbons (Fsp3) is 0.600. The molecule has 56 valence electrons. The van der Waals surface area contributed by atoms with Crippen LogP contribution in [-0.4, -0.2) is 20.7 Å². The molecule has 0 bridgehead atoms. The zero-order chi connectivity index (χ0) is 7.40. The van der Waals surface area contributed by atoms with Gasteiger partial charge in [0.15, 0.2) is 0 Å². The number of aliphatic hydroxyl groups is 1. The number of hydrogen-bond donors (Lipinski definition) is 2. The molecule has 0 saturated heterocycles. The number of aromatic nitrogens is 2. The highest BCUT2D eigenvalue weighted by atomic mass is 32.1. The van der Waals surface area contributed by atoms with Crippen LogP contribution in [0, 0.1) is 0 Å². The summed E-state index contributed by atoms with van der Waals surface area (Å²) in [4.78, 5) is 3.84. The quantitative estimate of drug-likeness (QED) is 0.637. The van der Waals surface area contributed by atoms with Crippen LogP contribution in [0.5, 0.6) is 0 Å². The molecular weight excluding hydrogens is 150 g/mol. The van der Waals surface area contributed by atoms with Crippen molar-refractivity contribution < 1.29 is 5.11 Å². The molecule has 0 fully saturated rings. The first-order valence-electron chi connectivity index (χ1n) is 3.04. The molecule has 1 unspecified atom stereocenters. The Balaban J connectivity index is 2.40. The molecule has 0 aromatic carbocycles. The molecule has 4 nitrogen and oxygen atoms in total. The molecule has 0 aliphatic rings. The molecule has 1 aromatic heterocycles. The SMILES string of the molecule is CCC(O)Nc1ncns1. The lowest BCUT2D eigenvalue weighted by Crippen LogP contribution is -2.16. The lowest BCUT2D eigenvalue weighted by Gasteiger charge is -2.06. The molecule has 0 aliphatic heterocycles. The molecule has 0 saturated carbocycles. The predicted octanol–water partition coefficient (Wildman–Crippen LogP) is 0.678. The van der Waals surface area contributed by atoms with Crippen LogP contribution in [0.15, 0.2) is 6.33 Å². The van der Waals surface area contributed by atoms with Gasteiger partial charge in [-0.05, 0) is 6.42 Å². The van der Waals surface area contributed by atoms with Gasteiger partial charge in [0.1, 0.15) is 12.6 Å². The van der Waals surface area contributed by atoms with Gasteiger partial charge in [-0.15, -0.1) is 0 Å². The highest BCUT2D eigenvalue weighted by Gasteiger charge is 2.00. The van der Waals surface area contributed by atoms with Crippen LogP contribution in [0.4, 0.5) is 5.13 Å². The summed E-state index contributed by atoms with van der Waals surface area (Å²) in [6.45, 7) is 1.89. The van der Waals surface area contributed by atoms with Gasteiger partial charge in [0.25, 0.3) is 0 Å². The smallest absolute Gasteiger partial charge is 0.204 e. The van der Waals surface area contributed by atoms with E-state index in [1.807, 2.05) is 6.92 Å². The first-order valence-corrected chi connectivity index (χ1v) is 3.81. The number of rotatable bonds is 3. The van der Waals surface area contributed by atoms with E-state index >= 15 is 0 Å². The van der Waals surface area contributed by atoms with Crippen LogP contribution in [0.1, 0.15) is 13.3 Å². The summed E-state index contributed by atoms with van der Waals surface area (Å²) in [5.41, 5.74) is 0. The van der Waals surface area contributed by atoms with Gasteiger partial charge in [0, 0.05) is 11.5 Å². The van der Waals surface area contributed by atoms with Crippen molar-refractivity contribution in [2.75, 3.05) is 5.32 Å². The van der Waals surface area contributed by atoms with E-state index in [4.69, 9.17) is 5.11 Å². The Bertz CT molecular complexity index is 177. The Morgan fingerprint density at radius 1 is 1.90 bits per heavy atom. The first kappa shape index (κ1) is 7.43. The third-order valence-corrected chi connectivity index (χ3v) is 1.63. The van der Waals surface area contributed by atoms with Crippen molar-refractivity contribution in [2.45, 2.75) is 19.6 Å². The number of nitrogens with one attached hydrogen (secondary N) is 1. The van der Waals surface area contributed by atoms with Gasteiger partial charge in [-0.2, -0.15) is 4.37 Å². The third kappa shape index (κ3) is 1.93. The van der Waals surface area contributed by atoms with E-state index in [1.54, 1.807) is 0 Å². The van der Waals surface area contributed by atoms with Crippen molar-refractivity contribution in [3.8, 4) is 0 Å². The van der Waals surface area contributed by atoms with Gasteiger partial charge in [-0.1, -0.05) is 6.92 Å². The molecule has 1 rings (SSSR count). The van der Waals surface area contributed by atoms with E-state index in [0.717, 1.165) is 0 Å². The standard InChI is InChI=1S/C5H9N3OS/c1-2-4(9)8-5-6-3-7-10-5/h3-4,9H,2H2,1H3,(H,6,7,8). The van der Waals surface area contributed by atoms with Crippen molar-refractivity contribution in [2.24, 2.45) is 0 Å². The zero-order valence-electron chi connectivity index (χ0n) is 5.61. The highest BCUT2D eigenvalue weighted by Crippen LogP contribution is 2.07. The van der Waals surface area contributed by atoms with Crippen molar-refractivity contribution in [1.29, 1.82) is 0 Å². The average molecular weight is 159 g/mol. The van der Waals surface area contributed by atoms with Crippen LogP contribution in [-0.2, 0) is 0 Å². The summed E-state index contributed by atoms with van der Waals surface area (Å²) in [7, 11) is 0. The van der Waals surface area contributed by atoms with Gasteiger partial charge in [-0.25, -0.2) is 4.98 Å². The maximum Gasteiger partial charge on any atom is 0.204 e. The maximum absolute atomic E-state index is 9.06. The monoisotopic (exact) mass is 159 g/mol. The molecular formula is C5H9N3OS. The Morgan fingerprint density at radius 3 is 3.20 bits per heavy atom. The lowest BCUT2D eigenvalue weighted by molar-refractivity contribution is 0.199. The molecule has 0 spiro atoms. The largest absolute Gasteiger partial charge is 0.374 e. The van der Waals surface area contributed by atoms with E-state index in [2.05, 4.69) is 14.7 Å². The highest BCUT2D eigenvalue weighted by molar-refractivity contribution is 7.09. The molecule has 1 atom stereocenters. The van der Waals surface area contributed by atoms with E-state index < -0.39 is 6.23 Å². The van der Waals surface area contributed by atoms with Crippen LogP contribution >= 0.6 is 11.5 Å². The van der Waals surface area contributed by atoms with Gasteiger partial charge >= 0.3 is 0 Å². The summed E-state index contributed by atoms with van der Waals surface area (Å²) in [6.07, 6.45) is 1.61. The maximum atomic E-state index is 9.06. The van der Waals surface area contributed by atoms with Gasteiger partial charge in [0.05, 0.1) is 0 Å². The average Bonchev–Trinajstić information content (AvgIpc) is 2.40. The Kier molecular flexibility index (Phi) is 2.58. The Hall–Kier alpha value is -0.680. The van der Waals surface area contributed by atoms with Crippen molar-refractivity contribution in [3.63, 3.8) is 0 Å². The molecule has 2 N–H and O–H groups in total. The third-order valence-electron chi connectivity index (χ3n) is 1.04. The number of hydrogen-bond acceptors (Lipinski definition) is 5. The van der Waals surface area contributed by atoms with E-state index in [-0.39, 0.29) is 0 Å². The fourth-order valence-corrected chi connectivity index (χ4v) is 0.958. The number of anilines is 1. The molecule has 10 heavy (non-hydrogen) atoms. The first-order chi connectivity index (χ1) is 4.83. The molecule has 0 radical (unpaired) electrons. The van der Waals surface area contributed by atoms with Gasteiger partial charge < -0.3 is 10.4 Å². The van der Waals surface area contributed by atoms with E-state index in [1.165, 1.54) is 17.9 Å². The second kappa shape index (κ2) is 3.48. The normalized spacial score (nSPS) is 13.0. The summed E-state index contributed by atoms with van der Waals surface area (Å²) >= 11 is 1.23. The molecule has 1 aromatic rings. The second-order valence-electron chi connectivity index (χ2n) is 1.81. The number of nitrogens with zero attached hydrogens (tertiary/aromatic N) is 2. The number of aliphatic hydroxyl groups excluding tert-OH is 1. The van der Waals surface area contributed by atoms with Crippen LogP contribution in [0.3, 0.4) is 0 Å². The second-order valence-corrected chi connectivity index (χ2v) is 2.59. The van der Waals surface area contributed by atoms with Crippen molar-refractivity contribution >= 4 is 16.7 Å². The van der Waals surface area contributed by atoms with E-state index in [0.29, 0.717) is 11.6 Å². The van der Waals surface area contributed by atoms with Crippen LogP contribution < -0.4 is 5.32 Å². The van der Waals surface area contributed by atoms with Gasteiger partial charge in [-0.3, -0.25) is 0 Å². The predicted molar refractivity (Wildman–Crippen MR) is 39.8 cm³/mol. The Morgan fingerprint density at radius 2 is 2.70 bits per heavy atom. The van der Waals surface area contributed by atoms with Gasteiger partial charge in [0.2, 0.25) is 5.13 Å². The zero-order valence-corrected chi connectivity index (χ0v) is 6.43. The summed E-state index contributed by atoms with van der Waals surface area (Å²) < 4.78 is 3.77. The minimum atomic E-state index is -0.507. The van der Waals surface area contributed by atoms with Crippen LogP contribution in [0.2, 0.25) is 0 Å². The summed E-state index contributed by atoms with van der Waals surface area (Å²) in [5, 5.41) is 12.5. The molecule has 1 heterocycles. The van der Waals surface area contributed by atoms with Crippen molar-refractivity contribution in [3.05, 3.63) is 6.33 Å². The topological polar surface area (TPSA) is 58.0 Å². The summed E-state index contributed by atoms with van der Waals surface area (Å²) in [6, 6.07) is 0. The fourth-order valence-electron chi connectivity index (χ4n) is 0.481. The summed E-state index contributed by atoms with van der Waals surface area (Å²) in [5.74, 6) is 0. The van der Waals surface area contributed by atoms with Crippen LogP contribution in [0.25, 0.3) is 0 Å². The molecule has 0 aliphatic carbocycles. The molecule has 0 amide bonds. The van der Waals surface area contributed by atoms with Crippen molar-refractivity contribution in [1.82, 2.24) is 9.36 Å². The van der Waals surface area contributed by atoms with E-state index in [9.17, 15) is 0 Å². The minimum absolute atomic E-state index is 0.507. The molecule has 5 heteroatoms. The minimum Gasteiger partial charge on any atom is -0.374 e.